The molecule has 4 rings (SSSR count). The molecule has 0 unspecified atom stereocenters. The Morgan fingerprint density at radius 1 is 1.09 bits per heavy atom. The average Bonchev–Trinajstić information content (AvgIpc) is 2.74. The number of fused-ring (bicyclic) bond motifs is 2. The SMILES string of the molecule is Clc1ccc2c(c1)N=c1c(N3CCNCC3)cccc1=NC2. The number of benzene rings is 2. The lowest BCUT2D eigenvalue weighted by atomic mass is 10.2. The van der Waals surface area contributed by atoms with Gasteiger partial charge in [-0.05, 0) is 29.8 Å². The van der Waals surface area contributed by atoms with Gasteiger partial charge in [0, 0.05) is 31.2 Å². The monoisotopic (exact) mass is 312 g/mol. The summed E-state index contributed by atoms with van der Waals surface area (Å²) in [6.07, 6.45) is 0. The van der Waals surface area contributed by atoms with Crippen LogP contribution in [-0.2, 0) is 6.54 Å². The van der Waals surface area contributed by atoms with Crippen molar-refractivity contribution in [3.63, 3.8) is 0 Å². The van der Waals surface area contributed by atoms with E-state index in [1.165, 1.54) is 0 Å². The van der Waals surface area contributed by atoms with Gasteiger partial charge in [0.25, 0.3) is 0 Å². The number of para-hydroxylation sites is 1. The Labute approximate surface area is 134 Å². The van der Waals surface area contributed by atoms with Crippen LogP contribution in [0.4, 0.5) is 11.4 Å². The highest BCUT2D eigenvalue weighted by molar-refractivity contribution is 6.30. The fourth-order valence-corrected chi connectivity index (χ4v) is 3.15. The zero-order chi connectivity index (χ0) is 14.9. The van der Waals surface area contributed by atoms with Crippen molar-refractivity contribution >= 4 is 23.0 Å². The quantitative estimate of drug-likeness (QED) is 0.873. The Morgan fingerprint density at radius 2 is 1.95 bits per heavy atom. The number of anilines is 1. The maximum Gasteiger partial charge on any atom is 0.112 e. The number of nitrogens with one attached hydrogen (secondary N) is 1. The average molecular weight is 313 g/mol. The second-order valence-electron chi connectivity index (χ2n) is 5.58. The molecule has 4 nitrogen and oxygen atoms in total. The third-order valence-electron chi connectivity index (χ3n) is 4.15. The van der Waals surface area contributed by atoms with Crippen LogP contribution in [0.25, 0.3) is 0 Å². The van der Waals surface area contributed by atoms with Crippen molar-refractivity contribution in [1.29, 1.82) is 0 Å². The second kappa shape index (κ2) is 5.71. The number of hydrogen-bond donors (Lipinski definition) is 1. The van der Waals surface area contributed by atoms with Gasteiger partial charge >= 0.3 is 0 Å². The molecule has 0 atom stereocenters. The van der Waals surface area contributed by atoms with E-state index in [-0.39, 0.29) is 0 Å². The molecular weight excluding hydrogens is 296 g/mol. The highest BCUT2D eigenvalue weighted by Gasteiger charge is 2.14. The van der Waals surface area contributed by atoms with Crippen LogP contribution in [0.1, 0.15) is 5.56 Å². The minimum absolute atomic E-state index is 0.647. The van der Waals surface area contributed by atoms with E-state index in [1.807, 2.05) is 24.3 Å². The van der Waals surface area contributed by atoms with Gasteiger partial charge in [-0.1, -0.05) is 23.7 Å². The molecule has 1 N–H and O–H groups in total. The van der Waals surface area contributed by atoms with E-state index in [4.69, 9.17) is 21.6 Å². The largest absolute Gasteiger partial charge is 0.367 e. The second-order valence-corrected chi connectivity index (χ2v) is 6.02. The molecule has 0 aliphatic carbocycles. The normalized spacial score (nSPS) is 16.9. The van der Waals surface area contributed by atoms with Gasteiger partial charge in [0.1, 0.15) is 5.36 Å². The van der Waals surface area contributed by atoms with E-state index in [0.29, 0.717) is 11.6 Å². The predicted molar refractivity (Wildman–Crippen MR) is 88.7 cm³/mol. The molecule has 2 aromatic carbocycles. The molecule has 2 aliphatic rings. The summed E-state index contributed by atoms with van der Waals surface area (Å²) in [4.78, 5) is 12.0. The summed E-state index contributed by atoms with van der Waals surface area (Å²) in [5.41, 5.74) is 3.21. The zero-order valence-electron chi connectivity index (χ0n) is 12.2. The summed E-state index contributed by atoms with van der Waals surface area (Å²) in [5.74, 6) is 0. The molecular formula is C17H17ClN4. The maximum atomic E-state index is 6.14. The van der Waals surface area contributed by atoms with Crippen molar-refractivity contribution in [3.8, 4) is 0 Å². The first kappa shape index (κ1) is 13.7. The third kappa shape index (κ3) is 2.49. The number of rotatable bonds is 1. The van der Waals surface area contributed by atoms with Gasteiger partial charge in [-0.15, -0.1) is 0 Å². The molecule has 2 aliphatic heterocycles. The topological polar surface area (TPSA) is 40.0 Å². The van der Waals surface area contributed by atoms with Crippen LogP contribution in [0.15, 0.2) is 46.4 Å². The van der Waals surface area contributed by atoms with E-state index in [9.17, 15) is 0 Å². The Balaban J connectivity index is 1.92. The molecule has 22 heavy (non-hydrogen) atoms. The summed E-state index contributed by atoms with van der Waals surface area (Å²) in [6.45, 7) is 4.64. The van der Waals surface area contributed by atoms with Crippen LogP contribution >= 0.6 is 11.6 Å². The standard InChI is InChI=1S/C17H17ClN4/c18-13-5-4-12-11-20-14-2-1-3-16(17(14)21-15(12)10-13)22-8-6-19-7-9-22/h1-5,10,19H,6-9,11H2. The predicted octanol–water partition coefficient (Wildman–Crippen LogP) is 1.83. The van der Waals surface area contributed by atoms with Gasteiger partial charge in [-0.3, -0.25) is 4.99 Å². The summed E-state index contributed by atoms with van der Waals surface area (Å²) in [5, 5.41) is 6.03. The van der Waals surface area contributed by atoms with Crippen LogP contribution in [0.3, 0.4) is 0 Å². The van der Waals surface area contributed by atoms with Crippen LogP contribution in [0.2, 0.25) is 5.02 Å². The van der Waals surface area contributed by atoms with Crippen molar-refractivity contribution in [1.82, 2.24) is 5.32 Å². The van der Waals surface area contributed by atoms with Crippen LogP contribution < -0.4 is 20.9 Å². The van der Waals surface area contributed by atoms with Crippen molar-refractivity contribution < 1.29 is 0 Å². The first-order chi connectivity index (χ1) is 10.8. The number of hydrogen-bond acceptors (Lipinski definition) is 4. The van der Waals surface area contributed by atoms with Crippen LogP contribution in [0, 0.1) is 0 Å². The van der Waals surface area contributed by atoms with Crippen LogP contribution in [0.5, 0.6) is 0 Å². The summed E-state index contributed by atoms with van der Waals surface area (Å²) in [6, 6.07) is 12.1. The number of halogens is 1. The Bertz CT molecular complexity index is 825. The van der Waals surface area contributed by atoms with Gasteiger partial charge in [-0.25, -0.2) is 4.99 Å². The highest BCUT2D eigenvalue weighted by atomic mass is 35.5. The van der Waals surface area contributed by atoms with Crippen molar-refractivity contribution in [3.05, 3.63) is 57.7 Å². The van der Waals surface area contributed by atoms with E-state index >= 15 is 0 Å². The first-order valence-electron chi connectivity index (χ1n) is 7.57. The molecule has 0 amide bonds. The maximum absolute atomic E-state index is 6.14. The van der Waals surface area contributed by atoms with Gasteiger partial charge < -0.3 is 10.2 Å². The molecule has 0 radical (unpaired) electrons. The lowest BCUT2D eigenvalue weighted by Gasteiger charge is -2.29. The minimum Gasteiger partial charge on any atom is -0.367 e. The minimum atomic E-state index is 0.647. The molecule has 0 spiro atoms. The Morgan fingerprint density at radius 3 is 2.82 bits per heavy atom. The summed E-state index contributed by atoms with van der Waals surface area (Å²) < 4.78 is 0. The molecule has 0 saturated carbocycles. The van der Waals surface area contributed by atoms with E-state index in [0.717, 1.165) is 53.8 Å². The van der Waals surface area contributed by atoms with Crippen molar-refractivity contribution in [2.24, 2.45) is 9.98 Å². The molecule has 112 valence electrons. The van der Waals surface area contributed by atoms with Gasteiger partial charge in [0.2, 0.25) is 0 Å². The van der Waals surface area contributed by atoms with E-state index < -0.39 is 0 Å². The molecule has 0 aromatic heterocycles. The molecule has 2 heterocycles. The highest BCUT2D eigenvalue weighted by Crippen LogP contribution is 2.25. The van der Waals surface area contributed by atoms with Gasteiger partial charge in [-0.2, -0.15) is 0 Å². The Hall–Kier alpha value is -1.91. The molecule has 1 saturated heterocycles. The zero-order valence-corrected chi connectivity index (χ0v) is 13.0. The lowest BCUT2D eigenvalue weighted by Crippen LogP contribution is -2.46. The van der Waals surface area contributed by atoms with Crippen molar-refractivity contribution in [2.75, 3.05) is 31.1 Å². The van der Waals surface area contributed by atoms with Gasteiger partial charge in [0.15, 0.2) is 0 Å². The number of nitrogens with zero attached hydrogens (tertiary/aromatic N) is 3. The summed E-state index contributed by atoms with van der Waals surface area (Å²) >= 11 is 6.14. The third-order valence-corrected chi connectivity index (χ3v) is 4.39. The molecule has 1 fully saturated rings. The van der Waals surface area contributed by atoms with Crippen molar-refractivity contribution in [2.45, 2.75) is 6.54 Å². The van der Waals surface area contributed by atoms with Crippen LogP contribution in [-0.4, -0.2) is 26.2 Å². The molecule has 2 aromatic rings. The number of piperazine rings is 1. The smallest absolute Gasteiger partial charge is 0.112 e. The Kier molecular flexibility index (Phi) is 3.56. The lowest BCUT2D eigenvalue weighted by molar-refractivity contribution is 0.587. The van der Waals surface area contributed by atoms with E-state index in [1.54, 1.807) is 0 Å². The molecule has 0 bridgehead atoms. The summed E-state index contributed by atoms with van der Waals surface area (Å²) in [7, 11) is 0. The first-order valence-corrected chi connectivity index (χ1v) is 7.95. The fourth-order valence-electron chi connectivity index (χ4n) is 2.99. The van der Waals surface area contributed by atoms with E-state index in [2.05, 4.69) is 22.3 Å². The molecule has 5 heteroatoms. The van der Waals surface area contributed by atoms with Gasteiger partial charge in [0.05, 0.1) is 23.3 Å². The fraction of sp³-hybridized carbons (Fsp3) is 0.294.